The molecule has 0 aliphatic rings. The van der Waals surface area contributed by atoms with Gasteiger partial charge in [-0.15, -0.1) is 15.3 Å². The normalized spacial score (nSPS) is 13.2. The van der Waals surface area contributed by atoms with Crippen LogP contribution in [0.25, 0.3) is 21.5 Å². The lowest BCUT2D eigenvalue weighted by Crippen LogP contribution is -2.06. The van der Waals surface area contributed by atoms with Gasteiger partial charge in [0, 0.05) is 21.8 Å². The number of phenolic OH excluding ortho intramolecular Hbond substituents is 3. The van der Waals surface area contributed by atoms with Crippen LogP contribution in [0.15, 0.2) is 101 Å². The highest BCUT2D eigenvalue weighted by atomic mass is 32.2. The van der Waals surface area contributed by atoms with Crippen molar-refractivity contribution in [3.63, 3.8) is 0 Å². The van der Waals surface area contributed by atoms with Gasteiger partial charge in [-0.1, -0.05) is 0 Å². The minimum absolute atomic E-state index is 0.149. The first-order valence-electron chi connectivity index (χ1n) is 12.9. The summed E-state index contributed by atoms with van der Waals surface area (Å²) in [5, 5.41) is 44.8. The van der Waals surface area contributed by atoms with Crippen LogP contribution in [0.1, 0.15) is 0 Å². The van der Waals surface area contributed by atoms with E-state index < -0.39 is 111 Å². The van der Waals surface area contributed by atoms with Crippen molar-refractivity contribution >= 4 is 90.5 Å². The van der Waals surface area contributed by atoms with Crippen LogP contribution < -0.4 is 5.73 Å². The maximum atomic E-state index is 12.4. The van der Waals surface area contributed by atoms with Crippen molar-refractivity contribution in [2.75, 3.05) is 5.73 Å². The van der Waals surface area contributed by atoms with Gasteiger partial charge in [-0.05, 0) is 66.0 Å². The third-order valence-electron chi connectivity index (χ3n) is 6.81. The lowest BCUT2D eigenvalue weighted by Gasteiger charge is -2.13. The number of rotatable bonds is 8. The van der Waals surface area contributed by atoms with Crippen LogP contribution in [0.4, 0.5) is 28.4 Å². The minimum Gasteiger partial charge on any atom is -0.506 e. The van der Waals surface area contributed by atoms with Crippen molar-refractivity contribution in [1.82, 2.24) is 0 Å². The van der Waals surface area contributed by atoms with E-state index in [9.17, 15) is 67.2 Å². The molecule has 0 unspecified atom stereocenters. The zero-order valence-electron chi connectivity index (χ0n) is 24.2. The third-order valence-corrected chi connectivity index (χ3v) is 10.3. The molecule has 50 heavy (non-hydrogen) atoms. The van der Waals surface area contributed by atoms with Gasteiger partial charge in [-0.2, -0.15) is 38.8 Å². The van der Waals surface area contributed by atoms with Gasteiger partial charge in [0.15, 0.2) is 11.5 Å². The fourth-order valence-electron chi connectivity index (χ4n) is 4.61. The maximum Gasteiger partial charge on any atom is 0.296 e. The Hall–Kier alpha value is -5.34. The molecule has 0 saturated carbocycles. The lowest BCUT2D eigenvalue weighted by atomic mass is 10.1. The Morgan fingerprint density at radius 3 is 1.58 bits per heavy atom. The predicted molar refractivity (Wildman–Crippen MR) is 171 cm³/mol. The molecule has 20 nitrogen and oxygen atoms in total. The van der Waals surface area contributed by atoms with Gasteiger partial charge in [0.2, 0.25) is 0 Å². The van der Waals surface area contributed by atoms with Gasteiger partial charge in [0.05, 0.1) is 10.6 Å². The molecule has 5 aromatic carbocycles. The molecular formula is C26H19N5O15S4. The van der Waals surface area contributed by atoms with E-state index in [0.717, 1.165) is 12.1 Å². The highest BCUT2D eigenvalue weighted by molar-refractivity contribution is 7.87. The molecule has 0 atom stereocenters. The Morgan fingerprint density at radius 1 is 0.500 bits per heavy atom. The van der Waals surface area contributed by atoms with Crippen molar-refractivity contribution in [3.8, 4) is 17.2 Å². The first-order chi connectivity index (χ1) is 23.0. The van der Waals surface area contributed by atoms with E-state index in [4.69, 9.17) is 5.73 Å². The van der Waals surface area contributed by atoms with Crippen LogP contribution >= 0.6 is 0 Å². The summed E-state index contributed by atoms with van der Waals surface area (Å²) in [4.78, 5) is -4.94. The molecule has 0 heterocycles. The highest BCUT2D eigenvalue weighted by Crippen LogP contribution is 2.49. The van der Waals surface area contributed by atoms with Crippen LogP contribution in [0.2, 0.25) is 0 Å². The topological polar surface area (TPSA) is 354 Å². The van der Waals surface area contributed by atoms with Crippen LogP contribution in [-0.2, 0) is 40.5 Å². The quantitative estimate of drug-likeness (QED) is 0.0611. The van der Waals surface area contributed by atoms with Crippen LogP contribution in [0, 0.1) is 0 Å². The fourth-order valence-corrected chi connectivity index (χ4v) is 7.28. The highest BCUT2D eigenvalue weighted by Gasteiger charge is 2.29. The second kappa shape index (κ2) is 12.2. The summed E-state index contributed by atoms with van der Waals surface area (Å²) in [6.45, 7) is 0. The lowest BCUT2D eigenvalue weighted by molar-refractivity contribution is 0.468. The number of nitrogens with zero attached hydrogens (tertiary/aromatic N) is 4. The van der Waals surface area contributed by atoms with Crippen molar-refractivity contribution < 1.29 is 67.2 Å². The molecule has 0 amide bonds. The molecule has 9 N–H and O–H groups in total. The fraction of sp³-hybridized carbons (Fsp3) is 0. The molecule has 5 aromatic rings. The number of phenols is 3. The van der Waals surface area contributed by atoms with Gasteiger partial charge in [-0.3, -0.25) is 18.2 Å². The number of anilines is 1. The Bertz CT molecular complexity index is 2790. The molecule has 0 spiro atoms. The summed E-state index contributed by atoms with van der Waals surface area (Å²) in [5.41, 5.74) is 3.34. The number of hydrogen-bond acceptors (Lipinski definition) is 16. The molecule has 0 aromatic heterocycles. The summed E-state index contributed by atoms with van der Waals surface area (Å²) in [6.07, 6.45) is 0. The van der Waals surface area contributed by atoms with E-state index in [-0.39, 0.29) is 17.1 Å². The zero-order valence-corrected chi connectivity index (χ0v) is 27.4. The number of azo groups is 2. The SMILES string of the molecule is Nc1ccc(N=Nc2c(S(=O)(=O)O)cc3c(N=Nc4c(S(=O)(=O)O)cc5cc(S(=O)(=O)O)cc(S(=O)(=O)O)c5c4O)c(O)ccc3c2O)cc1. The van der Waals surface area contributed by atoms with Crippen molar-refractivity contribution in [2.24, 2.45) is 20.5 Å². The smallest absolute Gasteiger partial charge is 0.296 e. The van der Waals surface area contributed by atoms with Crippen molar-refractivity contribution in [3.05, 3.63) is 60.7 Å². The Morgan fingerprint density at radius 2 is 1.02 bits per heavy atom. The number of benzene rings is 5. The van der Waals surface area contributed by atoms with Crippen molar-refractivity contribution in [1.29, 1.82) is 0 Å². The standard InChI is InChI=1S/C26H19N5O15S4/c27-12-1-3-13(4-2-12)28-30-23-20(50(44,45)46)10-16-15(25(23)33)5-6-17(32)22(16)29-31-24-19(49(41,42)43)8-11-7-14(47(35,36)37)9-18(48(38,39)40)21(11)26(24)34/h1-10,32-34H,27H2,(H,35,36,37)(H,38,39,40)(H,41,42,43)(H,44,45,46). The Balaban J connectivity index is 1.81. The summed E-state index contributed by atoms with van der Waals surface area (Å²) < 4.78 is 136. The van der Waals surface area contributed by atoms with E-state index in [1.54, 1.807) is 0 Å². The van der Waals surface area contributed by atoms with E-state index >= 15 is 0 Å². The monoisotopic (exact) mass is 769 g/mol. The van der Waals surface area contributed by atoms with Crippen LogP contribution in [-0.4, -0.2) is 67.2 Å². The van der Waals surface area contributed by atoms with Gasteiger partial charge in [0.1, 0.15) is 37.5 Å². The molecule has 24 heteroatoms. The summed E-state index contributed by atoms with van der Waals surface area (Å²) >= 11 is 0. The number of nitrogens with two attached hydrogens (primary N) is 1. The molecule has 0 saturated heterocycles. The van der Waals surface area contributed by atoms with Crippen LogP contribution in [0.5, 0.6) is 17.2 Å². The average molecular weight is 770 g/mol. The number of nitrogen functional groups attached to an aromatic ring is 1. The van der Waals surface area contributed by atoms with Gasteiger partial charge in [0.25, 0.3) is 40.5 Å². The molecule has 0 aliphatic carbocycles. The Kier molecular flexibility index (Phi) is 8.78. The number of hydrogen-bond donors (Lipinski definition) is 8. The number of aromatic hydroxyl groups is 3. The van der Waals surface area contributed by atoms with Gasteiger partial charge >= 0.3 is 0 Å². The second-order valence-corrected chi connectivity index (χ2v) is 15.7. The molecule has 0 radical (unpaired) electrons. The van der Waals surface area contributed by atoms with Gasteiger partial charge < -0.3 is 21.1 Å². The largest absolute Gasteiger partial charge is 0.506 e. The predicted octanol–water partition coefficient (Wildman–Crippen LogP) is 4.51. The summed E-state index contributed by atoms with van der Waals surface area (Å²) in [7, 11) is -21.3. The summed E-state index contributed by atoms with van der Waals surface area (Å²) in [5.74, 6) is -3.20. The van der Waals surface area contributed by atoms with E-state index in [0.29, 0.717) is 23.9 Å². The maximum absolute atomic E-state index is 12.4. The van der Waals surface area contributed by atoms with Crippen molar-refractivity contribution in [2.45, 2.75) is 19.6 Å². The molecular weight excluding hydrogens is 751 g/mol. The number of fused-ring (bicyclic) bond motifs is 2. The van der Waals surface area contributed by atoms with Gasteiger partial charge in [-0.25, -0.2) is 0 Å². The summed E-state index contributed by atoms with van der Waals surface area (Å²) in [6, 6.07) is 9.44. The molecule has 0 fully saturated rings. The molecule has 0 bridgehead atoms. The average Bonchev–Trinajstić information content (AvgIpc) is 2.99. The molecule has 0 aliphatic heterocycles. The first-order valence-corrected chi connectivity index (χ1v) is 18.7. The second-order valence-electron chi connectivity index (χ2n) is 10.1. The Labute approximate surface area is 280 Å². The van der Waals surface area contributed by atoms with E-state index in [2.05, 4.69) is 20.5 Å². The third kappa shape index (κ3) is 6.89. The minimum atomic E-state index is -5.45. The zero-order chi connectivity index (χ0) is 37.1. The molecule has 5 rings (SSSR count). The molecule has 262 valence electrons. The first kappa shape index (κ1) is 36.0. The van der Waals surface area contributed by atoms with Crippen LogP contribution in [0.3, 0.4) is 0 Å². The van der Waals surface area contributed by atoms with E-state index in [1.165, 1.54) is 24.3 Å². The van der Waals surface area contributed by atoms with E-state index in [1.807, 2.05) is 0 Å².